The zero-order valence-electron chi connectivity index (χ0n) is 14.3. The van der Waals surface area contributed by atoms with Crippen molar-refractivity contribution in [2.75, 3.05) is 20.8 Å². The summed E-state index contributed by atoms with van der Waals surface area (Å²) < 4.78 is 10.4. The van der Waals surface area contributed by atoms with Crippen molar-refractivity contribution in [3.63, 3.8) is 0 Å². The van der Waals surface area contributed by atoms with Gasteiger partial charge in [0.15, 0.2) is 11.5 Å². The molecule has 2 amide bonds. The lowest BCUT2D eigenvalue weighted by atomic mass is 10.1. The Morgan fingerprint density at radius 3 is 2.30 bits per heavy atom. The van der Waals surface area contributed by atoms with E-state index in [9.17, 15) is 9.59 Å². The Morgan fingerprint density at radius 2 is 1.70 bits per heavy atom. The Hall–Kier alpha value is -2.24. The summed E-state index contributed by atoms with van der Waals surface area (Å²) in [5, 5.41) is 5.46. The molecule has 0 aliphatic rings. The molecule has 0 unspecified atom stereocenters. The van der Waals surface area contributed by atoms with Crippen LogP contribution in [0.15, 0.2) is 18.2 Å². The maximum absolute atomic E-state index is 11.8. The number of carbonyl (C=O) groups excluding carboxylic acids is 2. The summed E-state index contributed by atoms with van der Waals surface area (Å²) in [7, 11) is 3.12. The van der Waals surface area contributed by atoms with Crippen LogP contribution in [0.25, 0.3) is 0 Å². The number of hydrogen-bond acceptors (Lipinski definition) is 4. The van der Waals surface area contributed by atoms with Crippen LogP contribution in [-0.4, -0.2) is 32.6 Å². The van der Waals surface area contributed by atoms with Gasteiger partial charge in [-0.15, -0.1) is 0 Å². The molecular formula is C17H26N2O4. The number of carbonyl (C=O) groups is 2. The molecule has 0 radical (unpaired) electrons. The van der Waals surface area contributed by atoms with Crippen molar-refractivity contribution < 1.29 is 19.1 Å². The van der Waals surface area contributed by atoms with Crippen LogP contribution in [0.3, 0.4) is 0 Å². The minimum Gasteiger partial charge on any atom is -0.493 e. The molecule has 1 aromatic rings. The van der Waals surface area contributed by atoms with Crippen LogP contribution in [0.2, 0.25) is 0 Å². The normalized spacial score (nSPS) is 10.3. The average molecular weight is 322 g/mol. The van der Waals surface area contributed by atoms with Crippen molar-refractivity contribution in [3.05, 3.63) is 23.8 Å². The van der Waals surface area contributed by atoms with Gasteiger partial charge in [0.1, 0.15) is 6.42 Å². The highest BCUT2D eigenvalue weighted by molar-refractivity contribution is 5.96. The van der Waals surface area contributed by atoms with E-state index >= 15 is 0 Å². The second-order valence-corrected chi connectivity index (χ2v) is 5.68. The number of hydrogen-bond donors (Lipinski definition) is 2. The fraction of sp³-hybridized carbons (Fsp3) is 0.529. The SMILES string of the molecule is COc1ccc(CNC(=O)CC(=O)NCCC(C)C)cc1OC. The first kappa shape index (κ1) is 18.8. The third-order valence-electron chi connectivity index (χ3n) is 3.30. The van der Waals surface area contributed by atoms with Crippen LogP contribution in [0.1, 0.15) is 32.3 Å². The number of benzene rings is 1. The van der Waals surface area contributed by atoms with E-state index in [-0.39, 0.29) is 18.2 Å². The predicted octanol–water partition coefficient (Wildman–Crippen LogP) is 1.87. The van der Waals surface area contributed by atoms with Crippen molar-refractivity contribution >= 4 is 11.8 Å². The Bertz CT molecular complexity index is 529. The zero-order valence-corrected chi connectivity index (χ0v) is 14.3. The van der Waals surface area contributed by atoms with Crippen LogP contribution < -0.4 is 20.1 Å². The fourth-order valence-electron chi connectivity index (χ4n) is 1.96. The van der Waals surface area contributed by atoms with Gasteiger partial charge in [0.2, 0.25) is 11.8 Å². The first-order valence-corrected chi connectivity index (χ1v) is 7.70. The van der Waals surface area contributed by atoms with Gasteiger partial charge in [0.05, 0.1) is 14.2 Å². The van der Waals surface area contributed by atoms with Crippen molar-refractivity contribution in [1.29, 1.82) is 0 Å². The van der Waals surface area contributed by atoms with Crippen LogP contribution >= 0.6 is 0 Å². The summed E-state index contributed by atoms with van der Waals surface area (Å²) >= 11 is 0. The summed E-state index contributed by atoms with van der Waals surface area (Å²) in [5.41, 5.74) is 0.871. The summed E-state index contributed by atoms with van der Waals surface area (Å²) in [5.74, 6) is 1.20. The van der Waals surface area contributed by atoms with Crippen LogP contribution in [0, 0.1) is 5.92 Å². The molecule has 6 nitrogen and oxygen atoms in total. The standard InChI is InChI=1S/C17H26N2O4/c1-12(2)7-8-18-16(20)10-17(21)19-11-13-5-6-14(22-3)15(9-13)23-4/h5-6,9,12H,7-8,10-11H2,1-4H3,(H,18,20)(H,19,21). The van der Waals surface area contributed by atoms with Crippen molar-refractivity contribution in [3.8, 4) is 11.5 Å². The second-order valence-electron chi connectivity index (χ2n) is 5.68. The maximum atomic E-state index is 11.8. The Kier molecular flexibility index (Phi) is 7.94. The molecule has 0 spiro atoms. The number of methoxy groups -OCH3 is 2. The molecule has 0 saturated heterocycles. The Morgan fingerprint density at radius 1 is 1.04 bits per heavy atom. The second kappa shape index (κ2) is 9.71. The molecule has 0 aromatic heterocycles. The van der Waals surface area contributed by atoms with E-state index in [4.69, 9.17) is 9.47 Å². The lowest BCUT2D eigenvalue weighted by Crippen LogP contribution is -2.32. The van der Waals surface area contributed by atoms with E-state index in [0.717, 1.165) is 12.0 Å². The quantitative estimate of drug-likeness (QED) is 0.681. The molecule has 0 bridgehead atoms. The molecule has 128 valence electrons. The number of rotatable bonds is 9. The maximum Gasteiger partial charge on any atom is 0.229 e. The van der Waals surface area contributed by atoms with E-state index < -0.39 is 0 Å². The van der Waals surface area contributed by atoms with Gasteiger partial charge in [-0.2, -0.15) is 0 Å². The molecule has 0 aliphatic carbocycles. The molecule has 0 heterocycles. The van der Waals surface area contributed by atoms with E-state index in [1.807, 2.05) is 6.07 Å². The third-order valence-corrected chi connectivity index (χ3v) is 3.30. The van der Waals surface area contributed by atoms with Crippen LogP contribution in [0.4, 0.5) is 0 Å². The minimum atomic E-state index is -0.304. The number of ether oxygens (including phenoxy) is 2. The topological polar surface area (TPSA) is 76.7 Å². The summed E-state index contributed by atoms with van der Waals surface area (Å²) in [6, 6.07) is 5.41. The zero-order chi connectivity index (χ0) is 17.2. The van der Waals surface area contributed by atoms with Gasteiger partial charge in [-0.1, -0.05) is 19.9 Å². The summed E-state index contributed by atoms with van der Waals surface area (Å²) in [6.07, 6.45) is 0.740. The highest BCUT2D eigenvalue weighted by atomic mass is 16.5. The lowest BCUT2D eigenvalue weighted by molar-refractivity contribution is -0.129. The van der Waals surface area contributed by atoms with Gasteiger partial charge in [0, 0.05) is 13.1 Å². The molecule has 0 saturated carbocycles. The monoisotopic (exact) mass is 322 g/mol. The molecule has 6 heteroatoms. The van der Waals surface area contributed by atoms with E-state index in [0.29, 0.717) is 30.5 Å². The van der Waals surface area contributed by atoms with Crippen molar-refractivity contribution in [2.45, 2.75) is 33.2 Å². The molecule has 1 aromatic carbocycles. The van der Waals surface area contributed by atoms with Crippen LogP contribution in [-0.2, 0) is 16.1 Å². The van der Waals surface area contributed by atoms with E-state index in [2.05, 4.69) is 24.5 Å². The highest BCUT2D eigenvalue weighted by Crippen LogP contribution is 2.27. The van der Waals surface area contributed by atoms with Crippen LogP contribution in [0.5, 0.6) is 11.5 Å². The molecular weight excluding hydrogens is 296 g/mol. The molecule has 0 aliphatic heterocycles. The van der Waals surface area contributed by atoms with Gasteiger partial charge >= 0.3 is 0 Å². The lowest BCUT2D eigenvalue weighted by Gasteiger charge is -2.10. The van der Waals surface area contributed by atoms with Gasteiger partial charge in [-0.25, -0.2) is 0 Å². The number of nitrogens with one attached hydrogen (secondary N) is 2. The first-order valence-electron chi connectivity index (χ1n) is 7.70. The molecule has 23 heavy (non-hydrogen) atoms. The first-order chi connectivity index (χ1) is 11.0. The van der Waals surface area contributed by atoms with E-state index in [1.54, 1.807) is 26.4 Å². The fourth-order valence-corrected chi connectivity index (χ4v) is 1.96. The van der Waals surface area contributed by atoms with Gasteiger partial charge in [-0.3, -0.25) is 9.59 Å². The third kappa shape index (κ3) is 7.04. The minimum absolute atomic E-state index is 0.161. The smallest absolute Gasteiger partial charge is 0.229 e. The van der Waals surface area contributed by atoms with E-state index in [1.165, 1.54) is 0 Å². The largest absolute Gasteiger partial charge is 0.493 e. The number of amides is 2. The van der Waals surface area contributed by atoms with Gasteiger partial charge < -0.3 is 20.1 Å². The molecule has 2 N–H and O–H groups in total. The average Bonchev–Trinajstić information content (AvgIpc) is 2.52. The van der Waals surface area contributed by atoms with Crippen molar-refractivity contribution in [2.24, 2.45) is 5.92 Å². The Labute approximate surface area is 137 Å². The predicted molar refractivity (Wildman–Crippen MR) is 88.5 cm³/mol. The van der Waals surface area contributed by atoms with Crippen molar-refractivity contribution in [1.82, 2.24) is 10.6 Å². The Balaban J connectivity index is 2.39. The summed E-state index contributed by atoms with van der Waals surface area (Å²) in [4.78, 5) is 23.4. The van der Waals surface area contributed by atoms with Gasteiger partial charge in [-0.05, 0) is 30.0 Å². The molecule has 0 fully saturated rings. The molecule has 1 rings (SSSR count). The van der Waals surface area contributed by atoms with Gasteiger partial charge in [0.25, 0.3) is 0 Å². The highest BCUT2D eigenvalue weighted by Gasteiger charge is 2.10. The summed E-state index contributed by atoms with van der Waals surface area (Å²) in [6.45, 7) is 5.10. The molecule has 0 atom stereocenters.